The minimum Gasteiger partial charge on any atom is -0.473 e. The van der Waals surface area contributed by atoms with Gasteiger partial charge in [-0.05, 0) is 24.3 Å². The van der Waals surface area contributed by atoms with E-state index in [-0.39, 0.29) is 0 Å². The predicted molar refractivity (Wildman–Crippen MR) is 46.8 cm³/mol. The maximum atomic E-state index is 5.60. The van der Waals surface area contributed by atoms with Gasteiger partial charge in [-0.3, -0.25) is 0 Å². The molecule has 1 aromatic rings. The molecule has 0 amide bonds. The number of hydrogen-bond donors (Lipinski definition) is 0. The molecule has 2 nitrogen and oxygen atoms in total. The molecule has 0 aromatic carbocycles. The van der Waals surface area contributed by atoms with E-state index in [0.717, 1.165) is 0 Å². The predicted octanol–water partition coefficient (Wildman–Crippen LogP) is -0.0113. The molecule has 0 bridgehead atoms. The Hall–Kier alpha value is -0.326. The quantitative estimate of drug-likeness (QED) is 0.598. The average Bonchev–Trinajstić information content (AvgIpc) is 2.34. The molecule has 4 heteroatoms. The van der Waals surface area contributed by atoms with Gasteiger partial charge in [0, 0.05) is 0 Å². The summed E-state index contributed by atoms with van der Waals surface area (Å²) in [7, 11) is -1.24. The summed E-state index contributed by atoms with van der Waals surface area (Å²) < 4.78 is 10.5. The molecule has 0 atom stereocenters. The van der Waals surface area contributed by atoms with Crippen molar-refractivity contribution in [3.63, 3.8) is 0 Å². The third-order valence-electron chi connectivity index (χ3n) is 1.16. The Labute approximate surface area is 64.9 Å². The molecule has 0 fully saturated rings. The van der Waals surface area contributed by atoms with Crippen LogP contribution < -0.4 is 5.19 Å². The smallest absolute Gasteiger partial charge is 0.182 e. The van der Waals surface area contributed by atoms with Gasteiger partial charge in [-0.15, -0.1) is 0 Å². The minimum atomic E-state index is -0.795. The minimum absolute atomic E-state index is 0.449. The van der Waals surface area contributed by atoms with Crippen LogP contribution >= 0.6 is 0 Å². The fourth-order valence-corrected chi connectivity index (χ4v) is 3.10. The molecule has 0 N–H and O–H groups in total. The molecule has 56 valence electrons. The van der Waals surface area contributed by atoms with Crippen LogP contribution in [-0.4, -0.2) is 18.8 Å². The van der Waals surface area contributed by atoms with E-state index in [1.165, 1.54) is 5.19 Å². The average molecular weight is 172 g/mol. The highest BCUT2D eigenvalue weighted by atomic mass is 28.3. The Morgan fingerprint density at radius 2 is 2.40 bits per heavy atom. The molecule has 0 spiro atoms. The first-order chi connectivity index (χ1) is 4.79. The Bertz CT molecular complexity index is 172. The van der Waals surface area contributed by atoms with Crippen molar-refractivity contribution in [3.8, 4) is 0 Å². The standard InChI is InChI=1S/C6H12O2Si2/c1-10(2)8-9-6-3-4-7-5-6/h3-5,10H,9H2,1-2H3. The maximum absolute atomic E-state index is 5.60. The van der Waals surface area contributed by atoms with Gasteiger partial charge < -0.3 is 8.53 Å². The molecule has 1 rings (SSSR count). The van der Waals surface area contributed by atoms with E-state index in [2.05, 4.69) is 13.1 Å². The van der Waals surface area contributed by atoms with Crippen molar-refractivity contribution < 1.29 is 8.53 Å². The SMILES string of the molecule is C[SiH](C)O[SiH2]c1ccoc1. The van der Waals surface area contributed by atoms with E-state index in [9.17, 15) is 0 Å². The Morgan fingerprint density at radius 1 is 1.60 bits per heavy atom. The van der Waals surface area contributed by atoms with Crippen LogP contribution in [0.1, 0.15) is 0 Å². The lowest BCUT2D eigenvalue weighted by Gasteiger charge is -2.02. The number of furan rings is 1. The van der Waals surface area contributed by atoms with Gasteiger partial charge in [-0.25, -0.2) is 0 Å². The van der Waals surface area contributed by atoms with E-state index in [4.69, 9.17) is 8.53 Å². The summed E-state index contributed by atoms with van der Waals surface area (Å²) in [6.45, 7) is 4.38. The Balaban J connectivity index is 2.28. The van der Waals surface area contributed by atoms with Crippen molar-refractivity contribution >= 4 is 24.0 Å². The van der Waals surface area contributed by atoms with Gasteiger partial charge in [-0.2, -0.15) is 0 Å². The first kappa shape index (κ1) is 7.78. The van der Waals surface area contributed by atoms with E-state index in [1.807, 2.05) is 6.07 Å². The van der Waals surface area contributed by atoms with Crippen LogP contribution in [0.5, 0.6) is 0 Å². The third-order valence-corrected chi connectivity index (χ3v) is 5.23. The van der Waals surface area contributed by atoms with Crippen molar-refractivity contribution in [1.29, 1.82) is 0 Å². The van der Waals surface area contributed by atoms with E-state index >= 15 is 0 Å². The van der Waals surface area contributed by atoms with Gasteiger partial charge in [0.1, 0.15) is 0 Å². The summed E-state index contributed by atoms with van der Waals surface area (Å²) in [6, 6.07) is 1.99. The van der Waals surface area contributed by atoms with Gasteiger partial charge in [-0.1, -0.05) is 0 Å². The second kappa shape index (κ2) is 3.75. The Morgan fingerprint density at radius 3 is 2.90 bits per heavy atom. The molecular weight excluding hydrogens is 160 g/mol. The molecule has 10 heavy (non-hydrogen) atoms. The van der Waals surface area contributed by atoms with E-state index in [1.54, 1.807) is 12.5 Å². The molecular formula is C6H12O2Si2. The summed E-state index contributed by atoms with van der Waals surface area (Å²) >= 11 is 0. The second-order valence-corrected chi connectivity index (χ2v) is 7.03. The molecule has 0 unspecified atom stereocenters. The van der Waals surface area contributed by atoms with Crippen LogP contribution in [0.4, 0.5) is 0 Å². The lowest BCUT2D eigenvalue weighted by atomic mass is 10.7. The maximum Gasteiger partial charge on any atom is 0.182 e. The molecule has 0 radical (unpaired) electrons. The molecule has 0 saturated heterocycles. The molecule has 0 aliphatic rings. The zero-order chi connectivity index (χ0) is 7.40. The first-order valence-corrected chi connectivity index (χ1v) is 7.48. The first-order valence-electron chi connectivity index (χ1n) is 3.41. The van der Waals surface area contributed by atoms with Crippen molar-refractivity contribution in [3.05, 3.63) is 18.6 Å². The van der Waals surface area contributed by atoms with Crippen LogP contribution in [0.25, 0.3) is 0 Å². The van der Waals surface area contributed by atoms with Crippen molar-refractivity contribution in [2.45, 2.75) is 13.1 Å². The summed E-state index contributed by atoms with van der Waals surface area (Å²) in [6.07, 6.45) is 3.48. The number of hydrogen-bond acceptors (Lipinski definition) is 2. The van der Waals surface area contributed by atoms with Gasteiger partial charge in [0.2, 0.25) is 0 Å². The lowest BCUT2D eigenvalue weighted by molar-refractivity contribution is 0.568. The van der Waals surface area contributed by atoms with Gasteiger partial charge in [0.05, 0.1) is 12.5 Å². The monoisotopic (exact) mass is 172 g/mol. The normalized spacial score (nSPS) is 11.9. The van der Waals surface area contributed by atoms with Gasteiger partial charge in [0.25, 0.3) is 0 Å². The zero-order valence-corrected chi connectivity index (χ0v) is 8.90. The summed E-state index contributed by atoms with van der Waals surface area (Å²) in [5.41, 5.74) is 0. The van der Waals surface area contributed by atoms with Gasteiger partial charge >= 0.3 is 0 Å². The Kier molecular flexibility index (Phi) is 2.91. The highest BCUT2D eigenvalue weighted by Gasteiger charge is 1.98. The molecule has 0 aliphatic heterocycles. The van der Waals surface area contributed by atoms with Crippen LogP contribution in [0, 0.1) is 0 Å². The largest absolute Gasteiger partial charge is 0.473 e. The fourth-order valence-electron chi connectivity index (χ4n) is 0.638. The highest BCUT2D eigenvalue weighted by Crippen LogP contribution is 1.84. The molecule has 1 aromatic heterocycles. The third kappa shape index (κ3) is 2.51. The van der Waals surface area contributed by atoms with Gasteiger partial charge in [0.15, 0.2) is 18.8 Å². The van der Waals surface area contributed by atoms with Crippen LogP contribution in [0.3, 0.4) is 0 Å². The fraction of sp³-hybridized carbons (Fsp3) is 0.333. The van der Waals surface area contributed by atoms with Crippen LogP contribution in [0.15, 0.2) is 23.0 Å². The second-order valence-electron chi connectivity index (χ2n) is 2.49. The molecule has 1 heterocycles. The van der Waals surface area contributed by atoms with Crippen molar-refractivity contribution in [2.24, 2.45) is 0 Å². The topological polar surface area (TPSA) is 22.4 Å². The molecule has 0 aliphatic carbocycles. The number of rotatable bonds is 3. The van der Waals surface area contributed by atoms with Crippen LogP contribution in [-0.2, 0) is 4.12 Å². The summed E-state index contributed by atoms with van der Waals surface area (Å²) in [5, 5.41) is 1.27. The van der Waals surface area contributed by atoms with E-state index < -0.39 is 18.8 Å². The van der Waals surface area contributed by atoms with Crippen molar-refractivity contribution in [1.82, 2.24) is 0 Å². The highest BCUT2D eigenvalue weighted by molar-refractivity contribution is 6.61. The summed E-state index contributed by atoms with van der Waals surface area (Å²) in [4.78, 5) is 0. The van der Waals surface area contributed by atoms with E-state index in [0.29, 0.717) is 0 Å². The lowest BCUT2D eigenvalue weighted by Crippen LogP contribution is -2.21. The van der Waals surface area contributed by atoms with Crippen LogP contribution in [0.2, 0.25) is 13.1 Å². The van der Waals surface area contributed by atoms with Crippen molar-refractivity contribution in [2.75, 3.05) is 0 Å². The zero-order valence-electron chi connectivity index (χ0n) is 6.33. The summed E-state index contributed by atoms with van der Waals surface area (Å²) in [5.74, 6) is 0. The molecule has 0 saturated carbocycles.